The second kappa shape index (κ2) is 5.18. The van der Waals surface area contributed by atoms with Gasteiger partial charge >= 0.3 is 0 Å². The van der Waals surface area contributed by atoms with Crippen LogP contribution in [0.1, 0.15) is 10.4 Å². The molecule has 0 atom stereocenters. The molecule has 0 saturated heterocycles. The summed E-state index contributed by atoms with van der Waals surface area (Å²) >= 11 is 5.53. The summed E-state index contributed by atoms with van der Waals surface area (Å²) in [6.07, 6.45) is 1.64. The molecule has 2 rings (SSSR count). The number of aryl methyl sites for hydroxylation is 1. The molecule has 17 heavy (non-hydrogen) atoms. The Labute approximate surface area is 121 Å². The zero-order valence-electron chi connectivity index (χ0n) is 8.95. The van der Waals surface area contributed by atoms with Crippen LogP contribution in [0.3, 0.4) is 0 Å². The third-order valence-corrected chi connectivity index (χ3v) is 3.53. The fourth-order valence-corrected chi connectivity index (χ4v) is 2.14. The summed E-state index contributed by atoms with van der Waals surface area (Å²) in [7, 11) is 1.77. The second-order valence-electron chi connectivity index (χ2n) is 3.43. The Bertz CT molecular complexity index is 531. The molecule has 4 nitrogen and oxygen atoms in total. The molecular formula is C11H9BrIN3O. The van der Waals surface area contributed by atoms with Gasteiger partial charge in [-0.1, -0.05) is 0 Å². The SMILES string of the molecule is Cn1ncc(Br)c1NC(=O)c1ccc(I)cc1. The van der Waals surface area contributed by atoms with Gasteiger partial charge < -0.3 is 5.32 Å². The predicted molar refractivity (Wildman–Crippen MR) is 78.0 cm³/mol. The van der Waals surface area contributed by atoms with Crippen molar-refractivity contribution in [1.29, 1.82) is 0 Å². The highest BCUT2D eigenvalue weighted by Gasteiger charge is 2.11. The first-order valence-electron chi connectivity index (χ1n) is 4.82. The molecule has 6 heteroatoms. The van der Waals surface area contributed by atoms with Crippen LogP contribution in [0.25, 0.3) is 0 Å². The lowest BCUT2D eigenvalue weighted by Gasteiger charge is -2.06. The van der Waals surface area contributed by atoms with Crippen molar-refractivity contribution in [3.8, 4) is 0 Å². The molecule has 0 aliphatic heterocycles. The van der Waals surface area contributed by atoms with E-state index in [2.05, 4.69) is 48.9 Å². The first-order chi connectivity index (χ1) is 8.08. The van der Waals surface area contributed by atoms with Crippen LogP contribution in [-0.4, -0.2) is 15.7 Å². The number of carbonyl (C=O) groups is 1. The molecule has 1 aromatic heterocycles. The van der Waals surface area contributed by atoms with Crippen LogP contribution >= 0.6 is 38.5 Å². The first kappa shape index (κ1) is 12.6. The van der Waals surface area contributed by atoms with Gasteiger partial charge in [0.1, 0.15) is 5.82 Å². The molecule has 0 fully saturated rings. The Hall–Kier alpha value is -0.890. The fourth-order valence-electron chi connectivity index (χ4n) is 1.33. The monoisotopic (exact) mass is 405 g/mol. The van der Waals surface area contributed by atoms with E-state index < -0.39 is 0 Å². The number of rotatable bonds is 2. The van der Waals surface area contributed by atoms with Gasteiger partial charge in [-0.15, -0.1) is 0 Å². The van der Waals surface area contributed by atoms with Crippen LogP contribution < -0.4 is 5.32 Å². The topological polar surface area (TPSA) is 46.9 Å². The lowest BCUT2D eigenvalue weighted by molar-refractivity contribution is 0.102. The molecule has 0 unspecified atom stereocenters. The Morgan fingerprint density at radius 3 is 2.59 bits per heavy atom. The molecule has 0 radical (unpaired) electrons. The number of benzene rings is 1. The van der Waals surface area contributed by atoms with Crippen molar-refractivity contribution >= 4 is 50.2 Å². The molecule has 2 aromatic rings. The molecule has 1 N–H and O–H groups in total. The number of carbonyl (C=O) groups excluding carboxylic acids is 1. The van der Waals surface area contributed by atoms with Crippen molar-refractivity contribution in [2.75, 3.05) is 5.32 Å². The molecule has 0 spiro atoms. The number of nitrogens with zero attached hydrogens (tertiary/aromatic N) is 2. The number of halogens is 2. The van der Waals surface area contributed by atoms with Gasteiger partial charge in [0.2, 0.25) is 0 Å². The van der Waals surface area contributed by atoms with Crippen LogP contribution in [0, 0.1) is 3.57 Å². The van der Waals surface area contributed by atoms with Crippen LogP contribution in [0.4, 0.5) is 5.82 Å². The van der Waals surface area contributed by atoms with Gasteiger partial charge in [0, 0.05) is 16.2 Å². The van der Waals surface area contributed by atoms with Crippen LogP contribution in [0.15, 0.2) is 34.9 Å². The van der Waals surface area contributed by atoms with Crippen molar-refractivity contribution < 1.29 is 4.79 Å². The van der Waals surface area contributed by atoms with E-state index in [1.54, 1.807) is 30.1 Å². The van der Waals surface area contributed by atoms with E-state index in [0.717, 1.165) is 8.04 Å². The fraction of sp³-hybridized carbons (Fsp3) is 0.0909. The van der Waals surface area contributed by atoms with E-state index in [1.165, 1.54) is 0 Å². The third kappa shape index (κ3) is 2.86. The normalized spacial score (nSPS) is 10.3. The Morgan fingerprint density at radius 1 is 1.41 bits per heavy atom. The molecule has 88 valence electrons. The van der Waals surface area contributed by atoms with Gasteiger partial charge in [-0.25, -0.2) is 0 Å². The molecule has 0 saturated carbocycles. The molecule has 1 aromatic carbocycles. The van der Waals surface area contributed by atoms with Crippen molar-refractivity contribution in [3.05, 3.63) is 44.1 Å². The minimum Gasteiger partial charge on any atom is -0.306 e. The molecular weight excluding hydrogens is 397 g/mol. The number of anilines is 1. The molecule has 0 aliphatic carbocycles. The average Bonchev–Trinajstić information content (AvgIpc) is 2.61. The number of hydrogen-bond donors (Lipinski definition) is 1. The number of aromatic nitrogens is 2. The third-order valence-electron chi connectivity index (χ3n) is 2.23. The minimum atomic E-state index is -0.147. The van der Waals surface area contributed by atoms with Crippen molar-refractivity contribution in [2.45, 2.75) is 0 Å². The molecule has 1 heterocycles. The second-order valence-corrected chi connectivity index (χ2v) is 5.53. The predicted octanol–water partition coefficient (Wildman–Crippen LogP) is 3.04. The highest BCUT2D eigenvalue weighted by molar-refractivity contribution is 14.1. The van der Waals surface area contributed by atoms with Crippen LogP contribution in [-0.2, 0) is 7.05 Å². The van der Waals surface area contributed by atoms with Crippen LogP contribution in [0.5, 0.6) is 0 Å². The van der Waals surface area contributed by atoms with Gasteiger partial charge in [0.25, 0.3) is 5.91 Å². The molecule has 1 amide bonds. The van der Waals surface area contributed by atoms with Crippen molar-refractivity contribution in [1.82, 2.24) is 9.78 Å². The molecule has 0 aliphatic rings. The zero-order chi connectivity index (χ0) is 12.4. The summed E-state index contributed by atoms with van der Waals surface area (Å²) in [6, 6.07) is 7.38. The minimum absolute atomic E-state index is 0.147. The van der Waals surface area contributed by atoms with E-state index in [1.807, 2.05) is 12.1 Å². The van der Waals surface area contributed by atoms with E-state index >= 15 is 0 Å². The smallest absolute Gasteiger partial charge is 0.256 e. The Morgan fingerprint density at radius 2 is 2.06 bits per heavy atom. The van der Waals surface area contributed by atoms with E-state index in [0.29, 0.717) is 11.4 Å². The average molecular weight is 406 g/mol. The summed E-state index contributed by atoms with van der Waals surface area (Å²) in [5, 5.41) is 6.84. The molecule has 0 bridgehead atoms. The lowest BCUT2D eigenvalue weighted by atomic mass is 10.2. The highest BCUT2D eigenvalue weighted by atomic mass is 127. The first-order valence-corrected chi connectivity index (χ1v) is 6.69. The quantitative estimate of drug-likeness (QED) is 0.780. The standard InChI is InChI=1S/C11H9BrIN3O/c1-16-10(9(12)6-14-16)15-11(17)7-2-4-8(13)5-3-7/h2-6H,1H3,(H,15,17). The number of nitrogens with one attached hydrogen (secondary N) is 1. The van der Waals surface area contributed by atoms with Crippen molar-refractivity contribution in [2.24, 2.45) is 7.05 Å². The Kier molecular flexibility index (Phi) is 3.82. The maximum absolute atomic E-state index is 12.0. The van der Waals surface area contributed by atoms with Gasteiger partial charge in [0.05, 0.1) is 10.7 Å². The number of amides is 1. The van der Waals surface area contributed by atoms with Gasteiger partial charge in [0.15, 0.2) is 0 Å². The summed E-state index contributed by atoms with van der Waals surface area (Å²) < 4.78 is 3.47. The summed E-state index contributed by atoms with van der Waals surface area (Å²) in [5.41, 5.74) is 0.624. The summed E-state index contributed by atoms with van der Waals surface area (Å²) in [6.45, 7) is 0. The van der Waals surface area contributed by atoms with Crippen LogP contribution in [0.2, 0.25) is 0 Å². The van der Waals surface area contributed by atoms with Crippen molar-refractivity contribution in [3.63, 3.8) is 0 Å². The van der Waals surface area contributed by atoms with Gasteiger partial charge in [-0.05, 0) is 62.8 Å². The largest absolute Gasteiger partial charge is 0.306 e. The van der Waals surface area contributed by atoms with Gasteiger partial charge in [-0.3, -0.25) is 9.48 Å². The van der Waals surface area contributed by atoms with Gasteiger partial charge in [-0.2, -0.15) is 5.10 Å². The number of hydrogen-bond acceptors (Lipinski definition) is 2. The zero-order valence-corrected chi connectivity index (χ0v) is 12.7. The van der Waals surface area contributed by atoms with E-state index in [4.69, 9.17) is 0 Å². The highest BCUT2D eigenvalue weighted by Crippen LogP contribution is 2.21. The summed E-state index contributed by atoms with van der Waals surface area (Å²) in [4.78, 5) is 12.0. The lowest BCUT2D eigenvalue weighted by Crippen LogP contribution is -2.14. The van der Waals surface area contributed by atoms with E-state index in [9.17, 15) is 4.79 Å². The Balaban J connectivity index is 2.20. The van der Waals surface area contributed by atoms with E-state index in [-0.39, 0.29) is 5.91 Å². The maximum atomic E-state index is 12.0. The maximum Gasteiger partial charge on any atom is 0.256 e. The summed E-state index contributed by atoms with van der Waals surface area (Å²) in [5.74, 6) is 0.499.